The smallest absolute Gasteiger partial charge is 0.231 e. The minimum absolute atomic E-state index is 0.274. The van der Waals surface area contributed by atoms with Crippen molar-refractivity contribution in [2.75, 3.05) is 17.4 Å². The van der Waals surface area contributed by atoms with Gasteiger partial charge in [0.25, 0.3) is 0 Å². The molecule has 1 aliphatic heterocycles. The maximum Gasteiger partial charge on any atom is 0.231 e. The number of nitrogens with zero attached hydrogens (tertiary/aromatic N) is 2. The molecule has 0 unspecified atom stereocenters. The first-order valence-electron chi connectivity index (χ1n) is 7.73. The van der Waals surface area contributed by atoms with Gasteiger partial charge in [-0.25, -0.2) is 9.97 Å². The predicted molar refractivity (Wildman–Crippen MR) is 96.7 cm³/mol. The van der Waals surface area contributed by atoms with Gasteiger partial charge in [-0.05, 0) is 35.9 Å². The molecule has 0 saturated heterocycles. The van der Waals surface area contributed by atoms with Crippen LogP contribution in [0.3, 0.4) is 0 Å². The summed E-state index contributed by atoms with van der Waals surface area (Å²) in [6, 6.07) is 15.2. The molecular weight excluding hydrogens is 340 g/mol. The highest BCUT2D eigenvalue weighted by Crippen LogP contribution is 2.32. The number of benzene rings is 2. The maximum atomic E-state index is 6.00. The highest BCUT2D eigenvalue weighted by Gasteiger charge is 2.13. The second-order valence-corrected chi connectivity index (χ2v) is 5.90. The number of halogens is 1. The lowest BCUT2D eigenvalue weighted by molar-refractivity contribution is 0.174. The van der Waals surface area contributed by atoms with Crippen molar-refractivity contribution in [3.63, 3.8) is 0 Å². The van der Waals surface area contributed by atoms with Crippen LogP contribution in [0.1, 0.15) is 5.56 Å². The maximum absolute atomic E-state index is 6.00. The Kier molecular flexibility index (Phi) is 4.26. The van der Waals surface area contributed by atoms with Gasteiger partial charge in [-0.3, -0.25) is 0 Å². The first kappa shape index (κ1) is 15.5. The molecule has 0 saturated carbocycles. The summed E-state index contributed by atoms with van der Waals surface area (Å²) in [5, 5.41) is 7.15. The number of ether oxygens (including phenoxy) is 2. The van der Waals surface area contributed by atoms with Gasteiger partial charge in [-0.2, -0.15) is 0 Å². The number of hydrogen-bond donors (Lipinski definition) is 2. The van der Waals surface area contributed by atoms with Gasteiger partial charge in [0.2, 0.25) is 6.79 Å². The second-order valence-electron chi connectivity index (χ2n) is 5.47. The molecule has 2 aromatic carbocycles. The number of hydrogen-bond acceptors (Lipinski definition) is 6. The average Bonchev–Trinajstić information content (AvgIpc) is 3.08. The number of aromatic nitrogens is 2. The average molecular weight is 355 g/mol. The molecule has 2 N–H and O–H groups in total. The molecule has 0 spiro atoms. The van der Waals surface area contributed by atoms with Crippen molar-refractivity contribution in [1.82, 2.24) is 9.97 Å². The van der Waals surface area contributed by atoms with E-state index in [0.29, 0.717) is 17.4 Å². The molecule has 0 amide bonds. The summed E-state index contributed by atoms with van der Waals surface area (Å²) >= 11 is 6.00. The van der Waals surface area contributed by atoms with E-state index in [4.69, 9.17) is 21.1 Å². The Hall–Kier alpha value is -2.99. The summed E-state index contributed by atoms with van der Waals surface area (Å²) in [6.07, 6.45) is 1.51. The van der Waals surface area contributed by atoms with E-state index < -0.39 is 0 Å². The van der Waals surface area contributed by atoms with Crippen LogP contribution in [-0.4, -0.2) is 16.8 Å². The van der Waals surface area contributed by atoms with Crippen LogP contribution in [0.25, 0.3) is 0 Å². The molecule has 0 atom stereocenters. The van der Waals surface area contributed by atoms with Crippen molar-refractivity contribution in [2.45, 2.75) is 6.54 Å². The van der Waals surface area contributed by atoms with Crippen molar-refractivity contribution >= 4 is 28.9 Å². The van der Waals surface area contributed by atoms with Crippen LogP contribution >= 0.6 is 11.6 Å². The van der Waals surface area contributed by atoms with E-state index in [1.807, 2.05) is 48.5 Å². The van der Waals surface area contributed by atoms with Gasteiger partial charge in [0.15, 0.2) is 11.5 Å². The molecule has 4 rings (SSSR count). The lowest BCUT2D eigenvalue weighted by Gasteiger charge is -2.09. The summed E-state index contributed by atoms with van der Waals surface area (Å²) in [5.41, 5.74) is 1.94. The molecule has 126 valence electrons. The highest BCUT2D eigenvalue weighted by molar-refractivity contribution is 6.30. The van der Waals surface area contributed by atoms with Gasteiger partial charge in [0.1, 0.15) is 18.0 Å². The third-order valence-corrected chi connectivity index (χ3v) is 3.91. The largest absolute Gasteiger partial charge is 0.454 e. The number of nitrogens with one attached hydrogen (secondary N) is 2. The van der Waals surface area contributed by atoms with Gasteiger partial charge in [0, 0.05) is 23.3 Å². The Morgan fingerprint density at radius 3 is 2.76 bits per heavy atom. The van der Waals surface area contributed by atoms with Crippen LogP contribution in [0.4, 0.5) is 17.3 Å². The molecule has 1 aromatic heterocycles. The predicted octanol–water partition coefficient (Wildman–Crippen LogP) is 4.21. The molecule has 0 fully saturated rings. The van der Waals surface area contributed by atoms with Crippen molar-refractivity contribution in [2.24, 2.45) is 0 Å². The van der Waals surface area contributed by atoms with Gasteiger partial charge < -0.3 is 20.1 Å². The van der Waals surface area contributed by atoms with E-state index in [-0.39, 0.29) is 6.79 Å². The van der Waals surface area contributed by atoms with Crippen LogP contribution in [0.5, 0.6) is 11.5 Å². The van der Waals surface area contributed by atoms with Crippen LogP contribution in [-0.2, 0) is 6.54 Å². The Labute approximate surface area is 149 Å². The van der Waals surface area contributed by atoms with Gasteiger partial charge in [-0.15, -0.1) is 0 Å². The fourth-order valence-corrected chi connectivity index (χ4v) is 2.67. The standard InChI is InChI=1S/C18H15ClN4O2/c19-13-2-1-3-14(7-13)23-18-8-17(21-10-22-18)20-9-12-4-5-15-16(6-12)25-11-24-15/h1-8,10H,9,11H2,(H2,20,21,22,23). The van der Waals surface area contributed by atoms with E-state index in [0.717, 1.165) is 28.6 Å². The normalized spacial score (nSPS) is 12.0. The number of fused-ring (bicyclic) bond motifs is 1. The Morgan fingerprint density at radius 2 is 1.84 bits per heavy atom. The van der Waals surface area contributed by atoms with Crippen molar-refractivity contribution in [3.05, 3.63) is 65.4 Å². The van der Waals surface area contributed by atoms with Gasteiger partial charge in [0.05, 0.1) is 0 Å². The Morgan fingerprint density at radius 1 is 0.960 bits per heavy atom. The minimum atomic E-state index is 0.274. The van der Waals surface area contributed by atoms with Crippen molar-refractivity contribution in [3.8, 4) is 11.5 Å². The summed E-state index contributed by atoms with van der Waals surface area (Å²) in [4.78, 5) is 8.47. The zero-order valence-corrected chi connectivity index (χ0v) is 14.0. The number of rotatable bonds is 5. The zero-order chi connectivity index (χ0) is 17.1. The van der Waals surface area contributed by atoms with Crippen LogP contribution in [0.2, 0.25) is 5.02 Å². The van der Waals surface area contributed by atoms with E-state index in [2.05, 4.69) is 20.6 Å². The summed E-state index contributed by atoms with van der Waals surface area (Å²) in [6.45, 7) is 0.890. The van der Waals surface area contributed by atoms with Crippen molar-refractivity contribution < 1.29 is 9.47 Å². The molecule has 2 heterocycles. The van der Waals surface area contributed by atoms with Crippen LogP contribution in [0, 0.1) is 0 Å². The molecule has 25 heavy (non-hydrogen) atoms. The van der Waals surface area contributed by atoms with Gasteiger partial charge in [-0.1, -0.05) is 23.7 Å². The number of anilines is 3. The summed E-state index contributed by atoms with van der Waals surface area (Å²) in [5.74, 6) is 2.95. The van der Waals surface area contributed by atoms with Crippen molar-refractivity contribution in [1.29, 1.82) is 0 Å². The lowest BCUT2D eigenvalue weighted by Crippen LogP contribution is -2.03. The van der Waals surface area contributed by atoms with Crippen LogP contribution in [0.15, 0.2) is 54.9 Å². The molecule has 0 bridgehead atoms. The fraction of sp³-hybridized carbons (Fsp3) is 0.111. The van der Waals surface area contributed by atoms with E-state index in [1.54, 1.807) is 0 Å². The van der Waals surface area contributed by atoms with E-state index in [9.17, 15) is 0 Å². The monoisotopic (exact) mass is 354 g/mol. The second kappa shape index (κ2) is 6.86. The minimum Gasteiger partial charge on any atom is -0.454 e. The first-order valence-corrected chi connectivity index (χ1v) is 8.11. The molecule has 0 radical (unpaired) electrons. The molecule has 0 aliphatic carbocycles. The van der Waals surface area contributed by atoms with E-state index in [1.165, 1.54) is 6.33 Å². The SMILES string of the molecule is Clc1cccc(Nc2cc(NCc3ccc4c(c3)OCO4)ncn2)c1. The highest BCUT2D eigenvalue weighted by atomic mass is 35.5. The quantitative estimate of drug-likeness (QED) is 0.715. The topological polar surface area (TPSA) is 68.3 Å². The third-order valence-electron chi connectivity index (χ3n) is 3.67. The summed E-state index contributed by atoms with van der Waals surface area (Å²) < 4.78 is 10.7. The zero-order valence-electron chi connectivity index (χ0n) is 13.2. The van der Waals surface area contributed by atoms with Crippen LogP contribution < -0.4 is 20.1 Å². The summed E-state index contributed by atoms with van der Waals surface area (Å²) in [7, 11) is 0. The molecule has 6 nitrogen and oxygen atoms in total. The van der Waals surface area contributed by atoms with E-state index >= 15 is 0 Å². The first-order chi connectivity index (χ1) is 12.3. The molecule has 1 aliphatic rings. The Balaban J connectivity index is 1.43. The third kappa shape index (κ3) is 3.75. The molecule has 3 aromatic rings. The van der Waals surface area contributed by atoms with Gasteiger partial charge >= 0.3 is 0 Å². The molecular formula is C18H15ClN4O2. The molecule has 7 heteroatoms. The fourth-order valence-electron chi connectivity index (χ4n) is 2.48. The lowest BCUT2D eigenvalue weighted by atomic mass is 10.2. The Bertz CT molecular complexity index is 904.